The first-order valence-corrected chi connectivity index (χ1v) is 43.4. The molecule has 54 heavy (non-hydrogen) atoms. The van der Waals surface area contributed by atoms with E-state index in [2.05, 4.69) is 41.5 Å². The summed E-state index contributed by atoms with van der Waals surface area (Å²) < 4.78 is 25.0. The van der Waals surface area contributed by atoms with Crippen molar-refractivity contribution in [2.75, 3.05) is 37.0 Å². The Morgan fingerprint density at radius 3 is 0.481 bits per heavy atom. The zero-order valence-electron chi connectivity index (χ0n) is 38.7. The molecule has 0 aliphatic rings. The van der Waals surface area contributed by atoms with Gasteiger partial charge in [0.2, 0.25) is 0 Å². The molecule has 0 heterocycles. The van der Waals surface area contributed by atoms with Crippen LogP contribution in [0.3, 0.4) is 0 Å². The third-order valence-electron chi connectivity index (χ3n) is 12.7. The van der Waals surface area contributed by atoms with Crippen LogP contribution in [-0.2, 0) is 6.15 Å². The molecule has 0 unspecified atom stereocenters. The summed E-state index contributed by atoms with van der Waals surface area (Å²) in [4.78, 5) is -2.68. The van der Waals surface area contributed by atoms with E-state index in [9.17, 15) is 6.15 Å². The van der Waals surface area contributed by atoms with Gasteiger partial charge in [0.25, 0.3) is 0 Å². The van der Waals surface area contributed by atoms with Gasteiger partial charge in [0, 0.05) is 0 Å². The van der Waals surface area contributed by atoms with Crippen molar-refractivity contribution in [1.82, 2.24) is 0 Å². The molecule has 0 fully saturated rings. The van der Waals surface area contributed by atoms with E-state index in [4.69, 9.17) is 0 Å². The van der Waals surface area contributed by atoms with E-state index in [-0.39, 0.29) is 0 Å². The van der Waals surface area contributed by atoms with Gasteiger partial charge < -0.3 is 0 Å². The van der Waals surface area contributed by atoms with Gasteiger partial charge in [0.05, 0.1) is 0 Å². The molecule has 2 nitrogen and oxygen atoms in total. The molecule has 0 saturated heterocycles. The molecule has 0 saturated carbocycles. The Morgan fingerprint density at radius 1 is 0.222 bits per heavy atom. The van der Waals surface area contributed by atoms with E-state index in [0.29, 0.717) is 0 Å². The van der Waals surface area contributed by atoms with E-state index >= 15 is 0 Å². The van der Waals surface area contributed by atoms with Crippen LogP contribution in [0.15, 0.2) is 0 Å². The van der Waals surface area contributed by atoms with Gasteiger partial charge in [-0.05, 0) is 0 Å². The Balaban J connectivity index is 0. The average Bonchev–Trinajstić information content (AvgIpc) is 3.19. The SMILES string of the molecule is CCCCCCCC[PH](CCCCCCCC)(CCCCCCCC)[SnH]=[O].CCCCCCCC[PH](CCCCCCCC)(CCCCCCCC)[SnH]=[O]. The topological polar surface area (TPSA) is 34.1 Å². The van der Waals surface area contributed by atoms with Crippen LogP contribution in [-0.4, -0.2) is 78.1 Å². The maximum absolute atomic E-state index is 12.5. The summed E-state index contributed by atoms with van der Waals surface area (Å²) in [6.07, 6.45) is 58.8. The average molecular weight is 1010 g/mol. The Morgan fingerprint density at radius 2 is 0.352 bits per heavy atom. The van der Waals surface area contributed by atoms with Gasteiger partial charge in [-0.15, -0.1) is 0 Å². The second-order valence-electron chi connectivity index (χ2n) is 18.1. The molecule has 0 amide bonds. The van der Waals surface area contributed by atoms with Gasteiger partial charge in [-0.2, -0.15) is 0 Å². The maximum atomic E-state index is 12.5. The van der Waals surface area contributed by atoms with Crippen molar-refractivity contribution in [2.45, 2.75) is 273 Å². The van der Waals surface area contributed by atoms with Gasteiger partial charge >= 0.3 is 367 Å². The normalized spacial score (nSPS) is 12.4. The number of hydrogen-bond donors (Lipinski definition) is 0. The summed E-state index contributed by atoms with van der Waals surface area (Å²) in [5.74, 6) is 0. The zero-order valence-corrected chi connectivity index (χ0v) is 47.3. The summed E-state index contributed by atoms with van der Waals surface area (Å²) >= 11 is -3.02. The molecule has 0 bridgehead atoms. The molecule has 0 rings (SSSR count). The molecule has 328 valence electrons. The fraction of sp³-hybridized carbons (Fsp3) is 1.00. The molecule has 0 radical (unpaired) electrons. The summed E-state index contributed by atoms with van der Waals surface area (Å²) in [6.45, 7) is 13.8. The summed E-state index contributed by atoms with van der Waals surface area (Å²) in [7, 11) is 0. The Bertz CT molecular complexity index is 596. The van der Waals surface area contributed by atoms with Crippen molar-refractivity contribution in [3.8, 4) is 0 Å². The van der Waals surface area contributed by atoms with Crippen molar-refractivity contribution in [3.05, 3.63) is 0 Å². The molecule has 0 atom stereocenters. The predicted octanol–water partition coefficient (Wildman–Crippen LogP) is 17.0. The van der Waals surface area contributed by atoms with E-state index in [1.54, 1.807) is 0 Å². The van der Waals surface area contributed by atoms with Crippen LogP contribution in [0.2, 0.25) is 0 Å². The Hall–Kier alpha value is 2.06. The summed E-state index contributed by atoms with van der Waals surface area (Å²) in [5, 5.41) is 0. The monoisotopic (exact) mass is 1020 g/mol. The van der Waals surface area contributed by atoms with Gasteiger partial charge in [0.15, 0.2) is 0 Å². The van der Waals surface area contributed by atoms with Crippen LogP contribution in [0.25, 0.3) is 0 Å². The molecule has 0 spiro atoms. The zero-order chi connectivity index (χ0) is 40.1. The van der Waals surface area contributed by atoms with E-state index in [1.807, 2.05) is 0 Å². The van der Waals surface area contributed by atoms with Gasteiger partial charge in [-0.25, -0.2) is 0 Å². The molecular weight excluding hydrogens is 908 g/mol. The van der Waals surface area contributed by atoms with Gasteiger partial charge in [0.1, 0.15) is 0 Å². The first-order valence-electron chi connectivity index (χ1n) is 25.4. The minimum atomic E-state index is -1.51. The van der Waals surface area contributed by atoms with Crippen molar-refractivity contribution >= 4 is 51.0 Å². The molecular formula is C48H106O2P2Sn2. The van der Waals surface area contributed by atoms with E-state index in [0.717, 1.165) is 0 Å². The van der Waals surface area contributed by atoms with Crippen molar-refractivity contribution in [1.29, 1.82) is 0 Å². The summed E-state index contributed by atoms with van der Waals surface area (Å²) in [5.41, 5.74) is 0. The Kier molecular flexibility index (Phi) is 51.4. The van der Waals surface area contributed by atoms with Gasteiger partial charge in [-0.3, -0.25) is 0 Å². The number of rotatable bonds is 44. The molecule has 0 aromatic heterocycles. The third kappa shape index (κ3) is 39.5. The van der Waals surface area contributed by atoms with E-state index < -0.39 is 51.0 Å². The quantitative estimate of drug-likeness (QED) is 0.0346. The van der Waals surface area contributed by atoms with Crippen LogP contribution in [0.1, 0.15) is 273 Å². The van der Waals surface area contributed by atoms with Gasteiger partial charge in [-0.1, -0.05) is 0 Å². The van der Waals surface area contributed by atoms with Crippen molar-refractivity contribution < 1.29 is 6.15 Å². The van der Waals surface area contributed by atoms with Crippen LogP contribution in [0.5, 0.6) is 0 Å². The molecule has 0 N–H and O–H groups in total. The molecule has 0 aromatic rings. The van der Waals surface area contributed by atoms with Crippen molar-refractivity contribution in [3.63, 3.8) is 0 Å². The molecule has 0 aromatic carbocycles. The second kappa shape index (κ2) is 47.7. The number of hydrogen-bond acceptors (Lipinski definition) is 2. The fourth-order valence-electron chi connectivity index (χ4n) is 8.65. The first kappa shape index (κ1) is 58.2. The fourth-order valence-corrected chi connectivity index (χ4v) is 33.1. The van der Waals surface area contributed by atoms with Crippen molar-refractivity contribution in [2.24, 2.45) is 0 Å². The van der Waals surface area contributed by atoms with Crippen LogP contribution >= 0.6 is 9.83 Å². The number of unbranched alkanes of at least 4 members (excludes halogenated alkanes) is 30. The van der Waals surface area contributed by atoms with Crippen LogP contribution < -0.4 is 0 Å². The third-order valence-corrected chi connectivity index (χ3v) is 45.2. The summed E-state index contributed by atoms with van der Waals surface area (Å²) in [6, 6.07) is 0. The standard InChI is InChI=1S/2C24H51P.2O.2Sn.2H/c2*1-4-7-10-13-16-19-22-25(23-20-17-14-11-8-5-2)24-21-18-15-12-9-6-3;;;;;;/h2*4-24H2,1-3H3;;;;;;/q;;;;2*-1;;/p+2. The predicted molar refractivity (Wildman–Crippen MR) is 262 cm³/mol. The molecule has 0 aliphatic carbocycles. The first-order chi connectivity index (χ1) is 26.5. The van der Waals surface area contributed by atoms with Crippen LogP contribution in [0.4, 0.5) is 0 Å². The van der Waals surface area contributed by atoms with E-state index in [1.165, 1.54) is 268 Å². The minimum absolute atomic E-state index is 1.34. The van der Waals surface area contributed by atoms with Crippen LogP contribution in [0, 0.1) is 0 Å². The Labute approximate surface area is 364 Å². The molecule has 6 heteroatoms. The molecule has 0 aliphatic heterocycles. The second-order valence-corrected chi connectivity index (χ2v) is 52.0.